The van der Waals surface area contributed by atoms with E-state index in [0.29, 0.717) is 5.82 Å². The Labute approximate surface area is 111 Å². The first-order valence-electron chi connectivity index (χ1n) is 5.93. The van der Waals surface area contributed by atoms with Crippen LogP contribution in [0.1, 0.15) is 23.9 Å². The van der Waals surface area contributed by atoms with Crippen molar-refractivity contribution < 1.29 is 9.90 Å². The first kappa shape index (κ1) is 13.2. The number of carbonyl (C=O) groups is 1. The molecule has 0 spiro atoms. The summed E-state index contributed by atoms with van der Waals surface area (Å²) in [6.45, 7) is 2.00. The number of aromatic nitrogens is 2. The maximum Gasteiger partial charge on any atom is 0.305 e. The second-order valence-electron chi connectivity index (χ2n) is 4.37. The van der Waals surface area contributed by atoms with Crippen molar-refractivity contribution in [1.29, 1.82) is 0 Å². The van der Waals surface area contributed by atoms with Crippen LogP contribution < -0.4 is 5.73 Å². The Morgan fingerprint density at radius 2 is 2.21 bits per heavy atom. The van der Waals surface area contributed by atoms with Gasteiger partial charge in [0.15, 0.2) is 0 Å². The number of benzene rings is 1. The van der Waals surface area contributed by atoms with Gasteiger partial charge >= 0.3 is 5.97 Å². The van der Waals surface area contributed by atoms with Gasteiger partial charge in [-0.05, 0) is 19.1 Å². The van der Waals surface area contributed by atoms with E-state index in [-0.39, 0.29) is 6.42 Å². The lowest BCUT2D eigenvalue weighted by Crippen LogP contribution is -2.18. The first-order valence-corrected chi connectivity index (χ1v) is 5.93. The van der Waals surface area contributed by atoms with Crippen molar-refractivity contribution in [3.8, 4) is 11.3 Å². The SMILES string of the molecule is Cc1cccc(-c2ccnc(C(N)CC(=O)O)n2)c1. The maximum absolute atomic E-state index is 10.6. The summed E-state index contributed by atoms with van der Waals surface area (Å²) in [4.78, 5) is 19.0. The van der Waals surface area contributed by atoms with E-state index >= 15 is 0 Å². The molecule has 0 aliphatic rings. The molecule has 5 nitrogen and oxygen atoms in total. The van der Waals surface area contributed by atoms with Crippen molar-refractivity contribution >= 4 is 5.97 Å². The number of nitrogens with zero attached hydrogens (tertiary/aromatic N) is 2. The third-order valence-corrected chi connectivity index (χ3v) is 2.71. The van der Waals surface area contributed by atoms with E-state index in [1.165, 1.54) is 0 Å². The summed E-state index contributed by atoms with van der Waals surface area (Å²) in [5.41, 5.74) is 8.61. The fourth-order valence-electron chi connectivity index (χ4n) is 1.80. The normalized spacial score (nSPS) is 12.1. The van der Waals surface area contributed by atoms with Crippen molar-refractivity contribution in [2.45, 2.75) is 19.4 Å². The topological polar surface area (TPSA) is 89.1 Å². The van der Waals surface area contributed by atoms with Crippen LogP contribution in [0.15, 0.2) is 36.5 Å². The number of carboxylic acid groups (broad SMARTS) is 1. The standard InChI is InChI=1S/C14H15N3O2/c1-9-3-2-4-10(7-9)12-5-6-16-14(17-12)11(15)8-13(18)19/h2-7,11H,8,15H2,1H3,(H,18,19). The zero-order valence-corrected chi connectivity index (χ0v) is 10.6. The molecule has 0 radical (unpaired) electrons. The molecule has 1 heterocycles. The van der Waals surface area contributed by atoms with Gasteiger partial charge in [-0.2, -0.15) is 0 Å². The van der Waals surface area contributed by atoms with Gasteiger partial charge in [0, 0.05) is 11.8 Å². The molecule has 0 bridgehead atoms. The van der Waals surface area contributed by atoms with Crippen LogP contribution in [-0.4, -0.2) is 21.0 Å². The average molecular weight is 257 g/mol. The van der Waals surface area contributed by atoms with Crippen LogP contribution in [0.25, 0.3) is 11.3 Å². The molecule has 1 aromatic heterocycles. The van der Waals surface area contributed by atoms with E-state index in [2.05, 4.69) is 9.97 Å². The number of carboxylic acids is 1. The fourth-order valence-corrected chi connectivity index (χ4v) is 1.80. The molecule has 0 fully saturated rings. The highest BCUT2D eigenvalue weighted by molar-refractivity contribution is 5.67. The average Bonchev–Trinajstić information content (AvgIpc) is 2.38. The maximum atomic E-state index is 10.6. The number of aryl methyl sites for hydroxylation is 1. The molecule has 2 rings (SSSR count). The van der Waals surface area contributed by atoms with Crippen LogP contribution >= 0.6 is 0 Å². The number of rotatable bonds is 4. The van der Waals surface area contributed by atoms with Gasteiger partial charge in [-0.15, -0.1) is 0 Å². The predicted octanol–water partition coefficient (Wildman–Crippen LogP) is 1.93. The lowest BCUT2D eigenvalue weighted by molar-refractivity contribution is -0.137. The summed E-state index contributed by atoms with van der Waals surface area (Å²) in [6.07, 6.45) is 1.42. The monoisotopic (exact) mass is 257 g/mol. The Bertz CT molecular complexity index is 599. The number of hydrogen-bond donors (Lipinski definition) is 2. The Hall–Kier alpha value is -2.27. The summed E-state index contributed by atoms with van der Waals surface area (Å²) >= 11 is 0. The molecule has 1 atom stereocenters. The van der Waals surface area contributed by atoms with Crippen molar-refractivity contribution in [3.05, 3.63) is 47.9 Å². The van der Waals surface area contributed by atoms with Gasteiger partial charge in [-0.3, -0.25) is 4.79 Å². The fraction of sp³-hybridized carbons (Fsp3) is 0.214. The van der Waals surface area contributed by atoms with Gasteiger partial charge in [0.2, 0.25) is 0 Å². The quantitative estimate of drug-likeness (QED) is 0.873. The van der Waals surface area contributed by atoms with Gasteiger partial charge in [-0.25, -0.2) is 9.97 Å². The highest BCUT2D eigenvalue weighted by Crippen LogP contribution is 2.19. The summed E-state index contributed by atoms with van der Waals surface area (Å²) in [5, 5.41) is 8.73. The van der Waals surface area contributed by atoms with E-state index in [1.54, 1.807) is 12.3 Å². The van der Waals surface area contributed by atoms with E-state index < -0.39 is 12.0 Å². The molecule has 98 valence electrons. The summed E-state index contributed by atoms with van der Waals surface area (Å²) in [5.74, 6) is -0.613. The molecule has 0 amide bonds. The van der Waals surface area contributed by atoms with Gasteiger partial charge in [0.05, 0.1) is 18.2 Å². The minimum atomic E-state index is -0.961. The molecule has 0 saturated heterocycles. The van der Waals surface area contributed by atoms with Crippen molar-refractivity contribution in [2.75, 3.05) is 0 Å². The molecular weight excluding hydrogens is 242 g/mol. The van der Waals surface area contributed by atoms with Crippen LogP contribution in [0.3, 0.4) is 0 Å². The molecule has 2 aromatic rings. The first-order chi connectivity index (χ1) is 9.06. The number of aliphatic carboxylic acids is 1. The second kappa shape index (κ2) is 5.58. The zero-order chi connectivity index (χ0) is 13.8. The lowest BCUT2D eigenvalue weighted by atomic mass is 10.1. The van der Waals surface area contributed by atoms with Crippen molar-refractivity contribution in [3.63, 3.8) is 0 Å². The third-order valence-electron chi connectivity index (χ3n) is 2.71. The van der Waals surface area contributed by atoms with Crippen molar-refractivity contribution in [2.24, 2.45) is 5.73 Å². The lowest BCUT2D eigenvalue weighted by Gasteiger charge is -2.09. The summed E-state index contributed by atoms with van der Waals surface area (Å²) in [6, 6.07) is 9.00. The molecule has 0 aliphatic heterocycles. The Morgan fingerprint density at radius 3 is 2.89 bits per heavy atom. The number of hydrogen-bond acceptors (Lipinski definition) is 4. The molecule has 0 aliphatic carbocycles. The van der Waals surface area contributed by atoms with E-state index in [1.807, 2.05) is 31.2 Å². The van der Waals surface area contributed by atoms with Gasteiger partial charge < -0.3 is 10.8 Å². The van der Waals surface area contributed by atoms with Crippen LogP contribution in [0.5, 0.6) is 0 Å². The minimum Gasteiger partial charge on any atom is -0.481 e. The van der Waals surface area contributed by atoms with Gasteiger partial charge in [0.25, 0.3) is 0 Å². The molecular formula is C14H15N3O2. The molecule has 19 heavy (non-hydrogen) atoms. The molecule has 0 saturated carbocycles. The zero-order valence-electron chi connectivity index (χ0n) is 10.6. The third kappa shape index (κ3) is 3.35. The predicted molar refractivity (Wildman–Crippen MR) is 71.4 cm³/mol. The van der Waals surface area contributed by atoms with Crippen LogP contribution in [-0.2, 0) is 4.79 Å². The largest absolute Gasteiger partial charge is 0.481 e. The van der Waals surface area contributed by atoms with Gasteiger partial charge in [-0.1, -0.05) is 23.8 Å². The molecule has 5 heteroatoms. The minimum absolute atomic E-state index is 0.183. The van der Waals surface area contributed by atoms with E-state index in [4.69, 9.17) is 10.8 Å². The Kier molecular flexibility index (Phi) is 3.87. The summed E-state index contributed by atoms with van der Waals surface area (Å²) < 4.78 is 0. The Morgan fingerprint density at radius 1 is 1.42 bits per heavy atom. The van der Waals surface area contributed by atoms with Crippen molar-refractivity contribution in [1.82, 2.24) is 9.97 Å². The Balaban J connectivity index is 2.31. The van der Waals surface area contributed by atoms with Crippen LogP contribution in [0.4, 0.5) is 0 Å². The van der Waals surface area contributed by atoms with E-state index in [9.17, 15) is 4.79 Å². The number of nitrogens with two attached hydrogens (primary N) is 1. The highest BCUT2D eigenvalue weighted by atomic mass is 16.4. The van der Waals surface area contributed by atoms with Crippen LogP contribution in [0, 0.1) is 6.92 Å². The molecule has 1 aromatic carbocycles. The highest BCUT2D eigenvalue weighted by Gasteiger charge is 2.14. The van der Waals surface area contributed by atoms with E-state index in [0.717, 1.165) is 16.8 Å². The summed E-state index contributed by atoms with van der Waals surface area (Å²) in [7, 11) is 0. The smallest absolute Gasteiger partial charge is 0.305 e. The van der Waals surface area contributed by atoms with Gasteiger partial charge in [0.1, 0.15) is 5.82 Å². The molecule has 1 unspecified atom stereocenters. The van der Waals surface area contributed by atoms with Crippen LogP contribution in [0.2, 0.25) is 0 Å². The second-order valence-corrected chi connectivity index (χ2v) is 4.37. The molecule has 3 N–H and O–H groups in total.